The van der Waals surface area contributed by atoms with E-state index in [4.69, 9.17) is 11.6 Å². The second kappa shape index (κ2) is 7.68. The average molecular weight is 446 g/mol. The number of alkyl halides is 1. The highest BCUT2D eigenvalue weighted by molar-refractivity contribution is 7.90. The fraction of sp³-hybridized carbons (Fsp3) is 0.900. The summed E-state index contributed by atoms with van der Waals surface area (Å²) in [6.45, 7) is 2.47. The largest absolute Gasteiger partial charge is 0.326 e. The number of carbonyl (C=O) groups is 2. The Morgan fingerprint density at radius 3 is 2.48 bits per heavy atom. The van der Waals surface area contributed by atoms with E-state index in [1.54, 1.807) is 0 Å². The van der Waals surface area contributed by atoms with Gasteiger partial charge >= 0.3 is 6.03 Å². The van der Waals surface area contributed by atoms with Gasteiger partial charge in [0.15, 0.2) is 0 Å². The molecule has 1 saturated heterocycles. The van der Waals surface area contributed by atoms with Crippen LogP contribution in [0.15, 0.2) is 0 Å². The van der Waals surface area contributed by atoms with Crippen molar-refractivity contribution in [3.63, 3.8) is 0 Å². The predicted octanol–water partition coefficient (Wildman–Crippen LogP) is 2.69. The number of imide groups is 1. The molecule has 1 N–H and O–H groups in total. The molecule has 164 valence electrons. The molecule has 3 saturated carbocycles. The van der Waals surface area contributed by atoms with Crippen LogP contribution < -0.4 is 4.72 Å². The van der Waals surface area contributed by atoms with Gasteiger partial charge in [-0.2, -0.15) is 0 Å². The number of fused-ring (bicyclic) bond motifs is 1. The number of urea groups is 1. The number of carbonyl (C=O) groups excluding carboxylic acids is 2. The van der Waals surface area contributed by atoms with Gasteiger partial charge in [0.1, 0.15) is 0 Å². The lowest BCUT2D eigenvalue weighted by Gasteiger charge is -2.48. The van der Waals surface area contributed by atoms with Crippen LogP contribution in [0.5, 0.6) is 0 Å². The Balaban J connectivity index is 1.51. The third kappa shape index (κ3) is 4.17. The van der Waals surface area contributed by atoms with Crippen molar-refractivity contribution in [2.24, 2.45) is 11.8 Å². The number of hydrogen-bond donors (Lipinski definition) is 1. The van der Waals surface area contributed by atoms with Crippen molar-refractivity contribution in [2.75, 3.05) is 13.6 Å². The molecule has 1 aliphatic heterocycles. The maximum Gasteiger partial charge on any atom is 0.326 e. The fourth-order valence-corrected chi connectivity index (χ4v) is 7.59. The predicted molar refractivity (Wildman–Crippen MR) is 111 cm³/mol. The van der Waals surface area contributed by atoms with Crippen LogP contribution in [-0.4, -0.2) is 66.0 Å². The lowest BCUT2D eigenvalue weighted by atomic mass is 9.79. The minimum absolute atomic E-state index is 0.0538. The molecule has 4 rings (SSSR count). The first-order valence-electron chi connectivity index (χ1n) is 10.9. The van der Waals surface area contributed by atoms with E-state index in [0.717, 1.165) is 38.5 Å². The second-order valence-electron chi connectivity index (χ2n) is 9.71. The van der Waals surface area contributed by atoms with Crippen molar-refractivity contribution in [3.05, 3.63) is 0 Å². The van der Waals surface area contributed by atoms with Gasteiger partial charge < -0.3 is 4.90 Å². The molecule has 1 heterocycles. The first-order valence-corrected chi connectivity index (χ1v) is 12.8. The summed E-state index contributed by atoms with van der Waals surface area (Å²) in [5.74, 6) is -0.480. The number of nitrogens with zero attached hydrogens (tertiary/aromatic N) is 2. The van der Waals surface area contributed by atoms with E-state index in [9.17, 15) is 18.0 Å². The Labute approximate surface area is 178 Å². The number of nitrogens with one attached hydrogen (secondary N) is 1. The Morgan fingerprint density at radius 2 is 1.83 bits per heavy atom. The number of amides is 3. The van der Waals surface area contributed by atoms with Gasteiger partial charge in [0, 0.05) is 30.6 Å². The first-order chi connectivity index (χ1) is 13.6. The van der Waals surface area contributed by atoms with Crippen LogP contribution in [-0.2, 0) is 14.8 Å². The van der Waals surface area contributed by atoms with E-state index < -0.39 is 21.2 Å². The maximum absolute atomic E-state index is 12.9. The molecular weight excluding hydrogens is 414 g/mol. The summed E-state index contributed by atoms with van der Waals surface area (Å²) in [5.41, 5.74) is -0.318. The third-order valence-electron chi connectivity index (χ3n) is 7.42. The second-order valence-corrected chi connectivity index (χ2v) is 12.2. The van der Waals surface area contributed by atoms with Gasteiger partial charge in [-0.1, -0.05) is 12.8 Å². The van der Waals surface area contributed by atoms with Crippen molar-refractivity contribution < 1.29 is 18.0 Å². The van der Waals surface area contributed by atoms with Gasteiger partial charge in [0.05, 0.1) is 11.2 Å². The Hall–Kier alpha value is -0.860. The van der Waals surface area contributed by atoms with Crippen LogP contribution in [0.3, 0.4) is 0 Å². The summed E-state index contributed by atoms with van der Waals surface area (Å²) < 4.78 is 28.6. The SMILES string of the molecule is CN1C(=O)C2CC(S(=O)(=O)NC3(C)CC3)CCC2N(CC2CCCCC2Cl)C1=O. The maximum atomic E-state index is 12.9. The van der Waals surface area contributed by atoms with Gasteiger partial charge in [0.25, 0.3) is 0 Å². The molecule has 5 atom stereocenters. The molecule has 5 unspecified atom stereocenters. The molecule has 3 aliphatic carbocycles. The summed E-state index contributed by atoms with van der Waals surface area (Å²) in [6.07, 6.45) is 7.19. The zero-order valence-electron chi connectivity index (χ0n) is 17.3. The van der Waals surface area contributed by atoms with E-state index in [2.05, 4.69) is 4.72 Å². The molecule has 0 aromatic rings. The van der Waals surface area contributed by atoms with Gasteiger partial charge in [-0.15, -0.1) is 11.6 Å². The molecule has 9 heteroatoms. The zero-order chi connectivity index (χ0) is 21.0. The minimum Gasteiger partial charge on any atom is -0.320 e. The van der Waals surface area contributed by atoms with E-state index in [1.807, 2.05) is 11.8 Å². The van der Waals surface area contributed by atoms with Crippen LogP contribution in [0, 0.1) is 11.8 Å². The topological polar surface area (TPSA) is 86.8 Å². The summed E-state index contributed by atoms with van der Waals surface area (Å²) in [7, 11) is -1.97. The Kier molecular flexibility index (Phi) is 5.66. The van der Waals surface area contributed by atoms with Crippen LogP contribution >= 0.6 is 11.6 Å². The average Bonchev–Trinajstić information content (AvgIpc) is 3.40. The van der Waals surface area contributed by atoms with Crippen LogP contribution in [0.25, 0.3) is 0 Å². The van der Waals surface area contributed by atoms with E-state index >= 15 is 0 Å². The van der Waals surface area contributed by atoms with E-state index in [0.29, 0.717) is 19.4 Å². The van der Waals surface area contributed by atoms with Gasteiger partial charge in [0.2, 0.25) is 15.9 Å². The molecule has 0 aromatic carbocycles. The molecule has 0 aromatic heterocycles. The van der Waals surface area contributed by atoms with Crippen LogP contribution in [0.1, 0.15) is 64.7 Å². The summed E-state index contributed by atoms with van der Waals surface area (Å²) in [6, 6.07) is -0.490. The number of halogens is 1. The lowest BCUT2D eigenvalue weighted by Crippen LogP contribution is -2.64. The smallest absolute Gasteiger partial charge is 0.320 e. The molecule has 7 nitrogen and oxygen atoms in total. The quantitative estimate of drug-likeness (QED) is 0.659. The molecule has 0 radical (unpaired) electrons. The van der Waals surface area contributed by atoms with E-state index in [1.165, 1.54) is 11.9 Å². The van der Waals surface area contributed by atoms with Crippen molar-refractivity contribution in [3.8, 4) is 0 Å². The summed E-state index contributed by atoms with van der Waals surface area (Å²) in [4.78, 5) is 28.8. The highest BCUT2D eigenvalue weighted by Crippen LogP contribution is 2.41. The molecule has 4 fully saturated rings. The fourth-order valence-electron chi connectivity index (χ4n) is 5.26. The third-order valence-corrected chi connectivity index (χ3v) is 10.1. The van der Waals surface area contributed by atoms with Crippen LogP contribution in [0.2, 0.25) is 0 Å². The first kappa shape index (κ1) is 21.4. The van der Waals surface area contributed by atoms with Crippen molar-refractivity contribution >= 4 is 33.6 Å². The van der Waals surface area contributed by atoms with Gasteiger partial charge in [-0.05, 0) is 57.8 Å². The van der Waals surface area contributed by atoms with Gasteiger partial charge in [-0.25, -0.2) is 17.9 Å². The standard InChI is InChI=1S/C20H32ClN3O4S/c1-20(9-10-20)22-29(27,28)14-7-8-17-15(11-14)18(25)23(2)19(26)24(17)12-13-5-3-4-6-16(13)21/h13-17,22H,3-12H2,1-2H3. The zero-order valence-corrected chi connectivity index (χ0v) is 18.8. The molecule has 0 bridgehead atoms. The number of sulfonamides is 1. The molecule has 29 heavy (non-hydrogen) atoms. The monoisotopic (exact) mass is 445 g/mol. The normalized spacial score (nSPS) is 37.4. The highest BCUT2D eigenvalue weighted by Gasteiger charge is 2.51. The number of rotatable bonds is 5. The highest BCUT2D eigenvalue weighted by atomic mass is 35.5. The number of hydrogen-bond acceptors (Lipinski definition) is 4. The van der Waals surface area contributed by atoms with Crippen molar-refractivity contribution in [1.82, 2.24) is 14.5 Å². The molecule has 4 aliphatic rings. The molecule has 0 spiro atoms. The van der Waals surface area contributed by atoms with Gasteiger partial charge in [-0.3, -0.25) is 9.69 Å². The Morgan fingerprint density at radius 1 is 1.14 bits per heavy atom. The van der Waals surface area contributed by atoms with Crippen LogP contribution in [0.4, 0.5) is 4.79 Å². The van der Waals surface area contributed by atoms with Crippen molar-refractivity contribution in [1.29, 1.82) is 0 Å². The van der Waals surface area contributed by atoms with Crippen molar-refractivity contribution in [2.45, 2.75) is 86.9 Å². The molecule has 3 amide bonds. The lowest BCUT2D eigenvalue weighted by molar-refractivity contribution is -0.139. The molecular formula is C20H32ClN3O4S. The minimum atomic E-state index is -3.48. The van der Waals surface area contributed by atoms with E-state index in [-0.39, 0.29) is 41.2 Å². The summed E-state index contributed by atoms with van der Waals surface area (Å²) >= 11 is 6.53. The summed E-state index contributed by atoms with van der Waals surface area (Å²) in [5, 5.41) is -0.526. The Bertz CT molecular complexity index is 785.